The predicted molar refractivity (Wildman–Crippen MR) is 76.6 cm³/mol. The van der Waals surface area contributed by atoms with Gasteiger partial charge in [-0.15, -0.1) is 0 Å². The molecule has 0 bridgehead atoms. The Kier molecular flexibility index (Phi) is 6.61. The molecule has 1 unspecified atom stereocenters. The maximum absolute atomic E-state index is 12.1. The van der Waals surface area contributed by atoms with E-state index in [1.807, 2.05) is 0 Å². The minimum absolute atomic E-state index is 0.124. The van der Waals surface area contributed by atoms with Crippen molar-refractivity contribution in [3.63, 3.8) is 0 Å². The molecule has 4 nitrogen and oxygen atoms in total. The van der Waals surface area contributed by atoms with E-state index in [2.05, 4.69) is 5.32 Å². The van der Waals surface area contributed by atoms with Gasteiger partial charge >= 0.3 is 0 Å². The van der Waals surface area contributed by atoms with Crippen LogP contribution in [0.15, 0.2) is 18.2 Å². The standard InChI is InChI=1S/C11H10Cl4FNO3/c12-6-1-2-8(18)7(5-6)9(19)17-10(11(13,14)15)20-4-3-16/h1-2,5,10,18H,3-4H2,(H,17,19). The second kappa shape index (κ2) is 7.52. The van der Waals surface area contributed by atoms with E-state index in [1.165, 1.54) is 18.2 Å². The van der Waals surface area contributed by atoms with Gasteiger partial charge in [-0.25, -0.2) is 4.39 Å². The van der Waals surface area contributed by atoms with Crippen molar-refractivity contribution < 1.29 is 19.0 Å². The maximum Gasteiger partial charge on any atom is 0.257 e. The molecule has 0 fully saturated rings. The predicted octanol–water partition coefficient (Wildman–Crippen LogP) is 3.46. The van der Waals surface area contributed by atoms with Crippen molar-refractivity contribution in [3.8, 4) is 5.75 Å². The summed E-state index contributed by atoms with van der Waals surface area (Å²) in [5.74, 6) is -1.08. The molecule has 1 aromatic rings. The van der Waals surface area contributed by atoms with E-state index < -0.39 is 22.6 Å². The van der Waals surface area contributed by atoms with E-state index in [0.29, 0.717) is 0 Å². The minimum Gasteiger partial charge on any atom is -0.507 e. The number of alkyl halides is 4. The number of carbonyl (C=O) groups excluding carboxylic acids is 1. The van der Waals surface area contributed by atoms with Crippen LogP contribution in [0, 0.1) is 0 Å². The fourth-order valence-corrected chi connectivity index (χ4v) is 1.79. The quantitative estimate of drug-likeness (QED) is 0.621. The summed E-state index contributed by atoms with van der Waals surface area (Å²) in [5.41, 5.74) is -0.124. The Morgan fingerprint density at radius 1 is 1.45 bits per heavy atom. The minimum atomic E-state index is -2.00. The monoisotopic (exact) mass is 363 g/mol. The Balaban J connectivity index is 2.87. The first-order valence-electron chi connectivity index (χ1n) is 5.29. The van der Waals surface area contributed by atoms with Gasteiger partial charge in [-0.05, 0) is 18.2 Å². The summed E-state index contributed by atoms with van der Waals surface area (Å²) in [6.07, 6.45) is -1.38. The van der Waals surface area contributed by atoms with Gasteiger partial charge in [0.15, 0.2) is 6.23 Å². The van der Waals surface area contributed by atoms with Gasteiger partial charge in [0.1, 0.15) is 12.4 Å². The average molecular weight is 365 g/mol. The van der Waals surface area contributed by atoms with Crippen LogP contribution < -0.4 is 5.32 Å². The maximum atomic E-state index is 12.1. The molecule has 0 saturated carbocycles. The van der Waals surface area contributed by atoms with Crippen LogP contribution in [-0.4, -0.2) is 34.3 Å². The Bertz CT molecular complexity index is 481. The van der Waals surface area contributed by atoms with Crippen LogP contribution in [0.5, 0.6) is 5.75 Å². The lowest BCUT2D eigenvalue weighted by molar-refractivity contribution is 0.0236. The second-order valence-corrected chi connectivity index (χ2v) is 6.42. The highest BCUT2D eigenvalue weighted by molar-refractivity contribution is 6.68. The van der Waals surface area contributed by atoms with Crippen LogP contribution in [0.2, 0.25) is 5.02 Å². The fraction of sp³-hybridized carbons (Fsp3) is 0.364. The molecule has 0 aliphatic rings. The zero-order valence-electron chi connectivity index (χ0n) is 9.88. The zero-order valence-corrected chi connectivity index (χ0v) is 12.9. The average Bonchev–Trinajstić information content (AvgIpc) is 2.35. The number of amides is 1. The Morgan fingerprint density at radius 3 is 2.65 bits per heavy atom. The van der Waals surface area contributed by atoms with E-state index in [4.69, 9.17) is 51.1 Å². The lowest BCUT2D eigenvalue weighted by atomic mass is 10.2. The van der Waals surface area contributed by atoms with Gasteiger partial charge in [-0.1, -0.05) is 46.4 Å². The van der Waals surface area contributed by atoms with Crippen molar-refractivity contribution in [2.24, 2.45) is 0 Å². The molecule has 2 N–H and O–H groups in total. The van der Waals surface area contributed by atoms with Gasteiger partial charge in [0.25, 0.3) is 5.91 Å². The highest BCUT2D eigenvalue weighted by Gasteiger charge is 2.35. The Morgan fingerprint density at radius 2 is 2.10 bits per heavy atom. The molecule has 112 valence electrons. The van der Waals surface area contributed by atoms with E-state index in [1.54, 1.807) is 0 Å². The van der Waals surface area contributed by atoms with Crippen molar-refractivity contribution in [1.29, 1.82) is 0 Å². The first kappa shape index (κ1) is 17.6. The number of hydrogen-bond donors (Lipinski definition) is 2. The van der Waals surface area contributed by atoms with Crippen molar-refractivity contribution in [2.75, 3.05) is 13.3 Å². The third-order valence-electron chi connectivity index (χ3n) is 2.12. The lowest BCUT2D eigenvalue weighted by Crippen LogP contribution is -2.46. The Labute approximate surface area is 134 Å². The van der Waals surface area contributed by atoms with E-state index in [9.17, 15) is 14.3 Å². The van der Waals surface area contributed by atoms with Gasteiger partial charge < -0.3 is 15.2 Å². The first-order valence-corrected chi connectivity index (χ1v) is 6.80. The molecule has 1 atom stereocenters. The number of hydrogen-bond acceptors (Lipinski definition) is 3. The lowest BCUT2D eigenvalue weighted by Gasteiger charge is -2.25. The molecule has 0 aliphatic heterocycles. The molecule has 0 saturated heterocycles. The molecule has 9 heteroatoms. The third-order valence-corrected chi connectivity index (χ3v) is 2.95. The highest BCUT2D eigenvalue weighted by Crippen LogP contribution is 2.31. The molecule has 0 aliphatic carbocycles. The van der Waals surface area contributed by atoms with Crippen molar-refractivity contribution in [3.05, 3.63) is 28.8 Å². The summed E-state index contributed by atoms with van der Waals surface area (Å²) >= 11 is 22.6. The fourth-order valence-electron chi connectivity index (χ4n) is 1.27. The van der Waals surface area contributed by atoms with Gasteiger partial charge in [0.05, 0.1) is 12.2 Å². The smallest absolute Gasteiger partial charge is 0.257 e. The van der Waals surface area contributed by atoms with Gasteiger partial charge in [0.2, 0.25) is 3.79 Å². The van der Waals surface area contributed by atoms with Crippen LogP contribution in [0.3, 0.4) is 0 Å². The highest BCUT2D eigenvalue weighted by atomic mass is 35.6. The third kappa shape index (κ3) is 5.14. The van der Waals surface area contributed by atoms with Crippen LogP contribution in [0.25, 0.3) is 0 Å². The summed E-state index contributed by atoms with van der Waals surface area (Å²) in [4.78, 5) is 12.0. The van der Waals surface area contributed by atoms with Gasteiger partial charge in [0, 0.05) is 5.02 Å². The molecule has 0 aromatic heterocycles. The molecular formula is C11H10Cl4FNO3. The number of nitrogens with one attached hydrogen (secondary N) is 1. The Hall–Kier alpha value is -0.460. The van der Waals surface area contributed by atoms with E-state index >= 15 is 0 Å². The van der Waals surface area contributed by atoms with Crippen molar-refractivity contribution in [1.82, 2.24) is 5.32 Å². The van der Waals surface area contributed by atoms with Crippen molar-refractivity contribution >= 4 is 52.3 Å². The number of phenolic OH excluding ortho intramolecular Hbond substituents is 1. The second-order valence-electron chi connectivity index (χ2n) is 3.62. The van der Waals surface area contributed by atoms with Crippen LogP contribution in [-0.2, 0) is 4.74 Å². The first-order chi connectivity index (χ1) is 9.25. The molecule has 1 rings (SSSR count). The summed E-state index contributed by atoms with van der Waals surface area (Å²) in [7, 11) is 0. The van der Waals surface area contributed by atoms with Gasteiger partial charge in [-0.3, -0.25) is 4.79 Å². The van der Waals surface area contributed by atoms with Crippen LogP contribution >= 0.6 is 46.4 Å². The molecule has 0 spiro atoms. The van der Waals surface area contributed by atoms with Crippen molar-refractivity contribution in [2.45, 2.75) is 10.0 Å². The number of aromatic hydroxyl groups is 1. The van der Waals surface area contributed by atoms with Crippen LogP contribution in [0.4, 0.5) is 4.39 Å². The molecule has 0 heterocycles. The number of ether oxygens (including phenoxy) is 1. The van der Waals surface area contributed by atoms with Crippen LogP contribution in [0.1, 0.15) is 10.4 Å². The summed E-state index contributed by atoms with van der Waals surface area (Å²) in [6.45, 7) is -1.17. The largest absolute Gasteiger partial charge is 0.507 e. The number of rotatable bonds is 5. The van der Waals surface area contributed by atoms with E-state index in [-0.39, 0.29) is 22.9 Å². The number of phenols is 1. The SMILES string of the molecule is O=C(NC(OCCF)C(Cl)(Cl)Cl)c1cc(Cl)ccc1O. The normalized spacial score (nSPS) is 13.1. The van der Waals surface area contributed by atoms with E-state index in [0.717, 1.165) is 0 Å². The van der Waals surface area contributed by atoms with Gasteiger partial charge in [-0.2, -0.15) is 0 Å². The number of benzene rings is 1. The molecule has 20 heavy (non-hydrogen) atoms. The molecular weight excluding hydrogens is 355 g/mol. The summed E-state index contributed by atoms with van der Waals surface area (Å²) in [5, 5.41) is 12.1. The topological polar surface area (TPSA) is 58.6 Å². The molecule has 0 radical (unpaired) electrons. The summed E-state index contributed by atoms with van der Waals surface area (Å²) < 4.78 is 15.0. The molecule has 1 aromatic carbocycles. The zero-order chi connectivity index (χ0) is 15.3. The number of carbonyl (C=O) groups is 1. The number of halogens is 5. The summed E-state index contributed by atoms with van der Waals surface area (Å²) in [6, 6.07) is 3.88. The molecule has 1 amide bonds.